The van der Waals surface area contributed by atoms with Gasteiger partial charge in [0.05, 0.1) is 10.5 Å². The monoisotopic (exact) mass is 354 g/mol. The second kappa shape index (κ2) is 6.56. The van der Waals surface area contributed by atoms with Gasteiger partial charge >= 0.3 is 0 Å². The quantitative estimate of drug-likeness (QED) is 0.509. The molecular formula is C15H19BrN2O3. The number of rotatable bonds is 4. The van der Waals surface area contributed by atoms with E-state index in [1.165, 1.54) is 18.2 Å². The molecule has 1 aliphatic rings. The van der Waals surface area contributed by atoms with Crippen molar-refractivity contribution in [2.75, 3.05) is 5.33 Å². The van der Waals surface area contributed by atoms with Crippen LogP contribution in [-0.2, 0) is 0 Å². The van der Waals surface area contributed by atoms with Crippen molar-refractivity contribution in [1.82, 2.24) is 5.32 Å². The molecule has 0 atom stereocenters. The Balaban J connectivity index is 2.13. The molecule has 0 saturated heterocycles. The van der Waals surface area contributed by atoms with Crippen LogP contribution in [0.3, 0.4) is 0 Å². The lowest BCUT2D eigenvalue weighted by Crippen LogP contribution is -2.52. The lowest BCUT2D eigenvalue weighted by molar-refractivity contribution is -0.384. The fourth-order valence-corrected chi connectivity index (χ4v) is 3.38. The Hall–Kier alpha value is -1.43. The van der Waals surface area contributed by atoms with Crippen LogP contribution in [-0.4, -0.2) is 21.7 Å². The Morgan fingerprint density at radius 3 is 2.71 bits per heavy atom. The summed E-state index contributed by atoms with van der Waals surface area (Å²) in [7, 11) is 0. The van der Waals surface area contributed by atoms with Crippen LogP contribution in [0, 0.1) is 16.0 Å². The number of hydrogen-bond acceptors (Lipinski definition) is 3. The van der Waals surface area contributed by atoms with Gasteiger partial charge in [-0.1, -0.05) is 28.9 Å². The smallest absolute Gasteiger partial charge is 0.270 e. The van der Waals surface area contributed by atoms with E-state index in [0.717, 1.165) is 25.7 Å². The fraction of sp³-hybridized carbons (Fsp3) is 0.533. The number of nitrogens with one attached hydrogen (secondary N) is 1. The molecule has 0 aliphatic heterocycles. The van der Waals surface area contributed by atoms with E-state index in [9.17, 15) is 14.9 Å². The topological polar surface area (TPSA) is 72.2 Å². The lowest BCUT2D eigenvalue weighted by atomic mass is 9.78. The minimum Gasteiger partial charge on any atom is -0.346 e. The van der Waals surface area contributed by atoms with Crippen LogP contribution < -0.4 is 5.32 Å². The zero-order valence-corrected chi connectivity index (χ0v) is 13.6. The van der Waals surface area contributed by atoms with Crippen molar-refractivity contribution in [2.24, 2.45) is 5.92 Å². The van der Waals surface area contributed by atoms with E-state index in [1.54, 1.807) is 6.07 Å². The number of carbonyl (C=O) groups excluding carboxylic acids is 1. The summed E-state index contributed by atoms with van der Waals surface area (Å²) in [4.78, 5) is 22.7. The van der Waals surface area contributed by atoms with Gasteiger partial charge in [-0.3, -0.25) is 14.9 Å². The Morgan fingerprint density at radius 2 is 2.14 bits per heavy atom. The highest BCUT2D eigenvalue weighted by Crippen LogP contribution is 2.33. The summed E-state index contributed by atoms with van der Waals surface area (Å²) in [6, 6.07) is 5.86. The van der Waals surface area contributed by atoms with Gasteiger partial charge in [-0.2, -0.15) is 0 Å². The van der Waals surface area contributed by atoms with Crippen molar-refractivity contribution in [1.29, 1.82) is 0 Å². The van der Waals surface area contributed by atoms with Crippen LogP contribution in [0.5, 0.6) is 0 Å². The first-order valence-electron chi connectivity index (χ1n) is 7.09. The summed E-state index contributed by atoms with van der Waals surface area (Å²) in [5, 5.41) is 14.6. The number of halogens is 1. The molecule has 0 heterocycles. The molecule has 114 valence electrons. The molecule has 1 N–H and O–H groups in total. The predicted octanol–water partition coefficient (Wildman–Crippen LogP) is 3.67. The molecule has 6 heteroatoms. The van der Waals surface area contributed by atoms with Crippen LogP contribution >= 0.6 is 15.9 Å². The highest BCUT2D eigenvalue weighted by Gasteiger charge is 2.34. The van der Waals surface area contributed by atoms with E-state index < -0.39 is 4.92 Å². The molecule has 1 aliphatic carbocycles. The summed E-state index contributed by atoms with van der Waals surface area (Å²) < 4.78 is 0. The number of carbonyl (C=O) groups is 1. The summed E-state index contributed by atoms with van der Waals surface area (Å²) in [6.07, 6.45) is 4.03. The van der Waals surface area contributed by atoms with E-state index in [4.69, 9.17) is 0 Å². The number of alkyl halides is 1. The minimum atomic E-state index is -0.487. The SMILES string of the molecule is CC1CCC(CBr)(NC(=O)c2cccc([N+](=O)[O-])c2)CC1. The van der Waals surface area contributed by atoms with Gasteiger partial charge in [-0.25, -0.2) is 0 Å². The fourth-order valence-electron chi connectivity index (χ4n) is 2.68. The maximum Gasteiger partial charge on any atom is 0.270 e. The van der Waals surface area contributed by atoms with E-state index >= 15 is 0 Å². The third-order valence-electron chi connectivity index (χ3n) is 4.19. The molecule has 0 bridgehead atoms. The van der Waals surface area contributed by atoms with Crippen LogP contribution in [0.2, 0.25) is 0 Å². The van der Waals surface area contributed by atoms with Crippen LogP contribution in [0.15, 0.2) is 24.3 Å². The van der Waals surface area contributed by atoms with Crippen LogP contribution in [0.4, 0.5) is 5.69 Å². The van der Waals surface area contributed by atoms with Gasteiger partial charge in [0, 0.05) is 23.0 Å². The van der Waals surface area contributed by atoms with Crippen molar-refractivity contribution in [3.8, 4) is 0 Å². The van der Waals surface area contributed by atoms with Crippen LogP contribution in [0.25, 0.3) is 0 Å². The van der Waals surface area contributed by atoms with E-state index in [0.29, 0.717) is 16.8 Å². The van der Waals surface area contributed by atoms with Gasteiger partial charge in [0.2, 0.25) is 0 Å². The van der Waals surface area contributed by atoms with E-state index in [2.05, 4.69) is 28.2 Å². The van der Waals surface area contributed by atoms with E-state index in [-0.39, 0.29) is 17.1 Å². The molecular weight excluding hydrogens is 336 g/mol. The summed E-state index contributed by atoms with van der Waals surface area (Å²) in [6.45, 7) is 2.22. The molecule has 1 aromatic rings. The largest absolute Gasteiger partial charge is 0.346 e. The second-order valence-electron chi connectivity index (χ2n) is 5.86. The zero-order valence-electron chi connectivity index (χ0n) is 12.0. The van der Waals surface area contributed by atoms with E-state index in [1.807, 2.05) is 0 Å². The Kier molecular flexibility index (Phi) is 4.98. The van der Waals surface area contributed by atoms with Gasteiger partial charge in [0.15, 0.2) is 0 Å². The number of nitrogens with zero attached hydrogens (tertiary/aromatic N) is 1. The third-order valence-corrected chi connectivity index (χ3v) is 5.26. The molecule has 2 rings (SSSR count). The lowest BCUT2D eigenvalue weighted by Gasteiger charge is -2.39. The Bertz CT molecular complexity index is 539. The van der Waals surface area contributed by atoms with Gasteiger partial charge in [0.1, 0.15) is 0 Å². The van der Waals surface area contributed by atoms with Gasteiger partial charge in [0.25, 0.3) is 11.6 Å². The molecule has 1 aromatic carbocycles. The van der Waals surface area contributed by atoms with Crippen molar-refractivity contribution >= 4 is 27.5 Å². The van der Waals surface area contributed by atoms with Crippen LogP contribution in [0.1, 0.15) is 43.0 Å². The Labute approximate surface area is 132 Å². The highest BCUT2D eigenvalue weighted by molar-refractivity contribution is 9.09. The zero-order chi connectivity index (χ0) is 15.5. The first-order chi connectivity index (χ1) is 9.96. The van der Waals surface area contributed by atoms with Crippen molar-refractivity contribution < 1.29 is 9.72 Å². The maximum absolute atomic E-state index is 12.4. The highest BCUT2D eigenvalue weighted by atomic mass is 79.9. The normalized spacial score (nSPS) is 25.3. The number of nitro groups is 1. The molecule has 0 unspecified atom stereocenters. The molecule has 0 radical (unpaired) electrons. The molecule has 1 saturated carbocycles. The minimum absolute atomic E-state index is 0.0622. The molecule has 21 heavy (non-hydrogen) atoms. The Morgan fingerprint density at radius 1 is 1.48 bits per heavy atom. The van der Waals surface area contributed by atoms with Gasteiger partial charge in [-0.05, 0) is 37.7 Å². The summed E-state index contributed by atoms with van der Waals surface area (Å²) in [5.41, 5.74) is 0.0322. The average molecular weight is 355 g/mol. The molecule has 1 amide bonds. The van der Waals surface area contributed by atoms with Crippen molar-refractivity contribution in [2.45, 2.75) is 38.1 Å². The summed E-state index contributed by atoms with van der Waals surface area (Å²) in [5.74, 6) is 0.444. The number of benzene rings is 1. The maximum atomic E-state index is 12.4. The number of hydrogen-bond donors (Lipinski definition) is 1. The number of nitro benzene ring substituents is 1. The molecule has 0 spiro atoms. The summed E-state index contributed by atoms with van der Waals surface area (Å²) >= 11 is 3.50. The first kappa shape index (κ1) is 15.9. The second-order valence-corrected chi connectivity index (χ2v) is 6.42. The first-order valence-corrected chi connectivity index (χ1v) is 8.21. The average Bonchev–Trinajstić information content (AvgIpc) is 2.50. The predicted molar refractivity (Wildman–Crippen MR) is 84.7 cm³/mol. The molecule has 0 aromatic heterocycles. The molecule has 5 nitrogen and oxygen atoms in total. The molecule has 1 fully saturated rings. The standard InChI is InChI=1S/C15H19BrN2O3/c1-11-5-7-15(10-16,8-6-11)17-14(19)12-3-2-4-13(9-12)18(20)21/h2-4,9,11H,5-8,10H2,1H3,(H,17,19). The van der Waals surface area contributed by atoms with Gasteiger partial charge < -0.3 is 5.32 Å². The van der Waals surface area contributed by atoms with Crippen molar-refractivity contribution in [3.63, 3.8) is 0 Å². The number of amides is 1. The third kappa shape index (κ3) is 3.81. The van der Waals surface area contributed by atoms with Crippen molar-refractivity contribution in [3.05, 3.63) is 39.9 Å². The number of non-ortho nitro benzene ring substituents is 1. The van der Waals surface area contributed by atoms with Gasteiger partial charge in [-0.15, -0.1) is 0 Å².